The van der Waals surface area contributed by atoms with Gasteiger partial charge in [0, 0.05) is 27.4 Å². The lowest BCUT2D eigenvalue weighted by atomic mass is 9.81. The second-order valence-electron chi connectivity index (χ2n) is 8.91. The minimum atomic E-state index is -0.634. The molecule has 0 spiro atoms. The summed E-state index contributed by atoms with van der Waals surface area (Å²) in [5.74, 6) is -2.50. The van der Waals surface area contributed by atoms with Gasteiger partial charge in [-0.1, -0.05) is 61.1 Å². The Hall–Kier alpha value is -2.01. The number of amides is 3. The third-order valence-corrected chi connectivity index (χ3v) is 11.0. The number of carbonyl (C=O) groups excluding carboxylic acids is 3. The standard InChI is InChI=1S/C23H17Br2Cl2N3O5/c24-19-13-8-14(20(19)25)18-17(13)22(32)29(23(18)33)28(9-10-1-6-15(26)16(27)7-10)21(31)11-2-4-12(5-3-11)30(34)35/h1-7,13-14,17-20H,8-9H2/t13-,14-,17-,18+,19+,20+/m1/s1. The zero-order chi connectivity index (χ0) is 25.2. The summed E-state index contributed by atoms with van der Waals surface area (Å²) >= 11 is 19.5. The average molecular weight is 646 g/mol. The van der Waals surface area contributed by atoms with E-state index in [2.05, 4.69) is 31.9 Å². The lowest BCUT2D eigenvalue weighted by Crippen LogP contribution is -2.50. The monoisotopic (exact) mass is 643 g/mol. The highest BCUT2D eigenvalue weighted by Gasteiger charge is 2.67. The fourth-order valence-corrected chi connectivity index (χ4v) is 7.68. The molecule has 0 unspecified atom stereocenters. The summed E-state index contributed by atoms with van der Waals surface area (Å²) < 4.78 is 0. The van der Waals surface area contributed by atoms with Crippen LogP contribution >= 0.6 is 55.1 Å². The first-order chi connectivity index (χ1) is 16.6. The Labute approximate surface area is 226 Å². The molecule has 2 saturated carbocycles. The van der Waals surface area contributed by atoms with Gasteiger partial charge in [-0.2, -0.15) is 5.01 Å². The van der Waals surface area contributed by atoms with E-state index in [-0.39, 0.29) is 44.3 Å². The highest BCUT2D eigenvalue weighted by molar-refractivity contribution is 9.12. The second-order valence-corrected chi connectivity index (χ2v) is 11.8. The largest absolute Gasteiger partial charge is 0.273 e. The van der Waals surface area contributed by atoms with Crippen LogP contribution in [-0.4, -0.2) is 42.3 Å². The van der Waals surface area contributed by atoms with Gasteiger partial charge in [0.2, 0.25) is 0 Å². The van der Waals surface area contributed by atoms with Gasteiger partial charge in [0.1, 0.15) is 0 Å². The van der Waals surface area contributed by atoms with Gasteiger partial charge in [0.15, 0.2) is 0 Å². The van der Waals surface area contributed by atoms with Crippen molar-refractivity contribution < 1.29 is 19.3 Å². The quantitative estimate of drug-likeness (QED) is 0.192. The van der Waals surface area contributed by atoms with Crippen molar-refractivity contribution in [2.75, 3.05) is 0 Å². The van der Waals surface area contributed by atoms with E-state index in [9.17, 15) is 24.5 Å². The number of nitro groups is 1. The number of non-ortho nitro benzene ring substituents is 1. The second kappa shape index (κ2) is 9.14. The number of nitro benzene ring substituents is 1. The molecule has 3 fully saturated rings. The van der Waals surface area contributed by atoms with Gasteiger partial charge in [-0.05, 0) is 48.1 Å². The molecule has 3 amide bonds. The van der Waals surface area contributed by atoms with Crippen LogP contribution in [0, 0.1) is 33.8 Å². The number of alkyl halides is 2. The molecule has 2 aromatic rings. The molecule has 2 bridgehead atoms. The smallest absolute Gasteiger partial charge is 0.272 e. The summed E-state index contributed by atoms with van der Waals surface area (Å²) in [5, 5.41) is 13.7. The molecule has 35 heavy (non-hydrogen) atoms. The van der Waals surface area contributed by atoms with Crippen LogP contribution in [0.1, 0.15) is 22.3 Å². The molecule has 0 N–H and O–H groups in total. The number of rotatable bonds is 5. The maximum Gasteiger partial charge on any atom is 0.273 e. The van der Waals surface area contributed by atoms with Crippen molar-refractivity contribution in [3.63, 3.8) is 0 Å². The molecular formula is C23H17Br2Cl2N3O5. The SMILES string of the molecule is O=C(c1ccc([N+](=O)[O-])cc1)N(Cc1ccc(Cl)c(Cl)c1)N1C(=O)[C@@H]2[C@H]3C[C@@H]([C@H](Br)[C@H]3Br)[C@@H]2C1=O. The van der Waals surface area contributed by atoms with E-state index in [1.807, 2.05) is 0 Å². The maximum atomic E-state index is 13.6. The fraction of sp³-hybridized carbons (Fsp3) is 0.348. The first kappa shape index (κ1) is 24.7. The van der Waals surface area contributed by atoms with E-state index in [0.717, 1.165) is 16.4 Å². The summed E-state index contributed by atoms with van der Waals surface area (Å²) in [6, 6.07) is 9.82. The van der Waals surface area contributed by atoms with Gasteiger partial charge in [-0.15, -0.1) is 0 Å². The number of benzene rings is 2. The Morgan fingerprint density at radius 1 is 1.00 bits per heavy atom. The van der Waals surface area contributed by atoms with Gasteiger partial charge in [-0.25, -0.2) is 5.01 Å². The van der Waals surface area contributed by atoms with Crippen LogP contribution in [0.25, 0.3) is 0 Å². The number of carbonyl (C=O) groups is 3. The average Bonchev–Trinajstić information content (AvgIpc) is 3.44. The summed E-state index contributed by atoms with van der Waals surface area (Å²) in [6.07, 6.45) is 0.760. The van der Waals surface area contributed by atoms with Crippen LogP contribution in [0.15, 0.2) is 42.5 Å². The maximum absolute atomic E-state index is 13.6. The van der Waals surface area contributed by atoms with Crippen molar-refractivity contribution in [1.29, 1.82) is 0 Å². The van der Waals surface area contributed by atoms with Gasteiger partial charge in [0.25, 0.3) is 23.4 Å². The minimum absolute atomic E-state index is 0.0165. The molecule has 8 nitrogen and oxygen atoms in total. The van der Waals surface area contributed by atoms with Crippen LogP contribution in [0.4, 0.5) is 5.69 Å². The predicted molar refractivity (Wildman–Crippen MR) is 135 cm³/mol. The van der Waals surface area contributed by atoms with Crippen molar-refractivity contribution >= 4 is 78.5 Å². The van der Waals surface area contributed by atoms with E-state index in [1.165, 1.54) is 24.3 Å². The normalized spacial score (nSPS) is 29.0. The number of hydrogen-bond acceptors (Lipinski definition) is 5. The van der Waals surface area contributed by atoms with E-state index in [4.69, 9.17) is 23.2 Å². The third kappa shape index (κ3) is 3.98. The summed E-state index contributed by atoms with van der Waals surface area (Å²) in [6.45, 7) is -0.117. The number of hydrazine groups is 1. The minimum Gasteiger partial charge on any atom is -0.272 e. The molecule has 0 radical (unpaired) electrons. The number of fused-ring (bicyclic) bond motifs is 5. The molecule has 1 aliphatic heterocycles. The van der Waals surface area contributed by atoms with Crippen LogP contribution in [0.2, 0.25) is 10.0 Å². The lowest BCUT2D eigenvalue weighted by Gasteiger charge is -2.31. The van der Waals surface area contributed by atoms with E-state index in [0.29, 0.717) is 10.6 Å². The van der Waals surface area contributed by atoms with Crippen molar-refractivity contribution in [3.8, 4) is 0 Å². The molecular weight excluding hydrogens is 629 g/mol. The van der Waals surface area contributed by atoms with Crippen LogP contribution < -0.4 is 0 Å². The van der Waals surface area contributed by atoms with Crippen molar-refractivity contribution in [1.82, 2.24) is 10.0 Å². The Morgan fingerprint density at radius 3 is 2.09 bits per heavy atom. The topological polar surface area (TPSA) is 101 Å². The summed E-state index contributed by atoms with van der Waals surface area (Å²) in [5.41, 5.74) is 0.490. The number of hydrogen-bond donors (Lipinski definition) is 0. The Kier molecular flexibility index (Phi) is 6.44. The highest BCUT2D eigenvalue weighted by Crippen LogP contribution is 2.60. The predicted octanol–water partition coefficient (Wildman–Crippen LogP) is 5.24. The zero-order valence-corrected chi connectivity index (χ0v) is 22.5. The molecule has 2 aromatic carbocycles. The molecule has 1 saturated heterocycles. The van der Waals surface area contributed by atoms with E-state index >= 15 is 0 Å². The van der Waals surface area contributed by atoms with Gasteiger partial charge in [-0.3, -0.25) is 24.5 Å². The van der Waals surface area contributed by atoms with Crippen LogP contribution in [0.3, 0.4) is 0 Å². The third-order valence-electron chi connectivity index (χ3n) is 7.08. The molecule has 182 valence electrons. The summed E-state index contributed by atoms with van der Waals surface area (Å²) in [4.78, 5) is 51.4. The van der Waals surface area contributed by atoms with Gasteiger partial charge >= 0.3 is 0 Å². The number of halogens is 4. The number of nitrogens with zero attached hydrogens (tertiary/aromatic N) is 3. The first-order valence-corrected chi connectivity index (χ1v) is 13.3. The Morgan fingerprint density at radius 2 is 1.57 bits per heavy atom. The van der Waals surface area contributed by atoms with E-state index in [1.54, 1.807) is 18.2 Å². The number of imide groups is 1. The molecule has 2 aliphatic carbocycles. The lowest BCUT2D eigenvalue weighted by molar-refractivity contribution is -0.384. The van der Waals surface area contributed by atoms with Gasteiger partial charge < -0.3 is 0 Å². The Bertz CT molecular complexity index is 1230. The zero-order valence-electron chi connectivity index (χ0n) is 17.8. The van der Waals surface area contributed by atoms with Crippen molar-refractivity contribution in [2.45, 2.75) is 22.6 Å². The fourth-order valence-electron chi connectivity index (χ4n) is 5.49. The highest BCUT2D eigenvalue weighted by atomic mass is 79.9. The molecule has 0 aromatic heterocycles. The molecule has 5 rings (SSSR count). The van der Waals surface area contributed by atoms with Crippen LogP contribution in [0.5, 0.6) is 0 Å². The first-order valence-electron chi connectivity index (χ1n) is 10.8. The van der Waals surface area contributed by atoms with Crippen LogP contribution in [-0.2, 0) is 16.1 Å². The molecule has 1 heterocycles. The van der Waals surface area contributed by atoms with Crippen molar-refractivity contribution in [2.24, 2.45) is 23.7 Å². The van der Waals surface area contributed by atoms with Gasteiger partial charge in [0.05, 0.1) is 33.3 Å². The van der Waals surface area contributed by atoms with E-state index < -0.39 is 34.5 Å². The van der Waals surface area contributed by atoms with Crippen molar-refractivity contribution in [3.05, 3.63) is 73.8 Å². The Balaban J connectivity index is 1.52. The molecule has 3 aliphatic rings. The summed E-state index contributed by atoms with van der Waals surface area (Å²) in [7, 11) is 0. The molecule has 6 atom stereocenters. The molecule has 12 heteroatoms.